The molecule has 0 radical (unpaired) electrons. The average molecular weight is 277 g/mol. The van der Waals surface area contributed by atoms with E-state index in [0.29, 0.717) is 19.6 Å². The van der Waals surface area contributed by atoms with Crippen molar-refractivity contribution >= 4 is 11.9 Å². The number of aliphatic carboxylic acids is 1. The Labute approximate surface area is 118 Å². The van der Waals surface area contributed by atoms with Gasteiger partial charge >= 0.3 is 5.97 Å². The molecular weight excluding hydrogens is 258 g/mol. The molecule has 20 heavy (non-hydrogen) atoms. The molecule has 2 rings (SSSR count). The zero-order valence-corrected chi connectivity index (χ0v) is 11.7. The molecule has 1 amide bonds. The molecule has 0 saturated heterocycles. The number of carboxylic acid groups (broad SMARTS) is 1. The largest absolute Gasteiger partial charge is 0.492 e. The lowest BCUT2D eigenvalue weighted by atomic mass is 10.2. The lowest BCUT2D eigenvalue weighted by Crippen LogP contribution is -2.32. The Morgan fingerprint density at radius 3 is 2.50 bits per heavy atom. The van der Waals surface area contributed by atoms with Crippen molar-refractivity contribution in [3.8, 4) is 5.75 Å². The van der Waals surface area contributed by atoms with Crippen LogP contribution in [0.5, 0.6) is 5.75 Å². The molecule has 2 unspecified atom stereocenters. The van der Waals surface area contributed by atoms with Crippen molar-refractivity contribution in [1.29, 1.82) is 0 Å². The van der Waals surface area contributed by atoms with Crippen LogP contribution in [0, 0.1) is 18.8 Å². The van der Waals surface area contributed by atoms with Gasteiger partial charge in [-0.05, 0) is 25.5 Å². The first-order valence-electron chi connectivity index (χ1n) is 6.66. The zero-order chi connectivity index (χ0) is 14.7. The summed E-state index contributed by atoms with van der Waals surface area (Å²) in [5.74, 6) is -1.07. The van der Waals surface area contributed by atoms with Crippen molar-refractivity contribution in [2.45, 2.75) is 13.3 Å². The highest BCUT2D eigenvalue weighted by molar-refractivity contribution is 5.89. The molecule has 0 heterocycles. The SMILES string of the molecule is Cc1ccc(OCCN(C)C(=O)C2CC2C(=O)O)cc1. The highest BCUT2D eigenvalue weighted by Crippen LogP contribution is 2.39. The molecule has 1 fully saturated rings. The third-order valence-electron chi connectivity index (χ3n) is 3.52. The molecule has 0 spiro atoms. The Morgan fingerprint density at radius 2 is 1.95 bits per heavy atom. The van der Waals surface area contributed by atoms with Crippen LogP contribution in [-0.2, 0) is 9.59 Å². The Morgan fingerprint density at radius 1 is 1.30 bits per heavy atom. The summed E-state index contributed by atoms with van der Waals surface area (Å²) >= 11 is 0. The number of amides is 1. The number of likely N-dealkylation sites (N-methyl/N-ethyl adjacent to an activating group) is 1. The Bertz CT molecular complexity index is 497. The maximum atomic E-state index is 11.9. The summed E-state index contributed by atoms with van der Waals surface area (Å²) < 4.78 is 5.55. The first-order chi connectivity index (χ1) is 9.49. The summed E-state index contributed by atoms with van der Waals surface area (Å²) in [6.45, 7) is 2.86. The Kier molecular flexibility index (Phi) is 4.27. The highest BCUT2D eigenvalue weighted by Gasteiger charge is 2.49. The van der Waals surface area contributed by atoms with E-state index in [9.17, 15) is 9.59 Å². The molecule has 1 aromatic rings. The molecule has 0 aliphatic heterocycles. The third kappa shape index (κ3) is 3.50. The molecule has 1 aromatic carbocycles. The maximum Gasteiger partial charge on any atom is 0.307 e. The van der Waals surface area contributed by atoms with E-state index >= 15 is 0 Å². The van der Waals surface area contributed by atoms with Crippen LogP contribution in [0.15, 0.2) is 24.3 Å². The second-order valence-corrected chi connectivity index (χ2v) is 5.21. The van der Waals surface area contributed by atoms with E-state index in [1.165, 1.54) is 0 Å². The van der Waals surface area contributed by atoms with Crippen LogP contribution in [-0.4, -0.2) is 42.1 Å². The van der Waals surface area contributed by atoms with Gasteiger partial charge in [-0.1, -0.05) is 17.7 Å². The van der Waals surface area contributed by atoms with E-state index in [0.717, 1.165) is 11.3 Å². The molecule has 2 atom stereocenters. The van der Waals surface area contributed by atoms with Gasteiger partial charge in [0.25, 0.3) is 0 Å². The maximum absolute atomic E-state index is 11.9. The fourth-order valence-electron chi connectivity index (χ4n) is 2.07. The Balaban J connectivity index is 1.73. The molecule has 5 nitrogen and oxygen atoms in total. The van der Waals surface area contributed by atoms with Gasteiger partial charge in [0.05, 0.1) is 18.4 Å². The number of hydrogen-bond donors (Lipinski definition) is 1. The summed E-state index contributed by atoms with van der Waals surface area (Å²) in [4.78, 5) is 24.2. The number of rotatable bonds is 6. The van der Waals surface area contributed by atoms with Crippen LogP contribution >= 0.6 is 0 Å². The molecule has 1 aliphatic rings. The summed E-state index contributed by atoms with van der Waals surface area (Å²) in [5, 5.41) is 8.81. The molecular formula is C15H19NO4. The van der Waals surface area contributed by atoms with E-state index in [1.807, 2.05) is 31.2 Å². The second-order valence-electron chi connectivity index (χ2n) is 5.21. The Hall–Kier alpha value is -2.04. The van der Waals surface area contributed by atoms with Crippen LogP contribution in [0.4, 0.5) is 0 Å². The minimum atomic E-state index is -0.882. The van der Waals surface area contributed by atoms with Crippen molar-refractivity contribution in [1.82, 2.24) is 4.90 Å². The monoisotopic (exact) mass is 277 g/mol. The van der Waals surface area contributed by atoms with Gasteiger partial charge in [0.1, 0.15) is 12.4 Å². The van der Waals surface area contributed by atoms with E-state index in [2.05, 4.69) is 0 Å². The number of benzene rings is 1. The van der Waals surface area contributed by atoms with Gasteiger partial charge in [0, 0.05) is 7.05 Å². The van der Waals surface area contributed by atoms with Gasteiger partial charge in [-0.2, -0.15) is 0 Å². The molecule has 0 bridgehead atoms. The van der Waals surface area contributed by atoms with Crippen LogP contribution in [0.3, 0.4) is 0 Å². The number of nitrogens with zero attached hydrogens (tertiary/aromatic N) is 1. The number of aryl methyl sites for hydroxylation is 1. The van der Waals surface area contributed by atoms with Crippen LogP contribution in [0.2, 0.25) is 0 Å². The van der Waals surface area contributed by atoms with Crippen molar-refractivity contribution < 1.29 is 19.4 Å². The molecule has 1 saturated carbocycles. The standard InChI is InChI=1S/C15H19NO4/c1-10-3-5-11(6-4-10)20-8-7-16(2)14(17)12-9-13(12)15(18)19/h3-6,12-13H,7-9H2,1-2H3,(H,18,19). The van der Waals surface area contributed by atoms with Crippen LogP contribution in [0.1, 0.15) is 12.0 Å². The van der Waals surface area contributed by atoms with Crippen LogP contribution < -0.4 is 4.74 Å². The molecule has 0 aromatic heterocycles. The minimum Gasteiger partial charge on any atom is -0.492 e. The van der Waals surface area contributed by atoms with Crippen molar-refractivity contribution in [3.05, 3.63) is 29.8 Å². The van der Waals surface area contributed by atoms with Crippen molar-refractivity contribution in [3.63, 3.8) is 0 Å². The zero-order valence-electron chi connectivity index (χ0n) is 11.7. The van der Waals surface area contributed by atoms with Gasteiger partial charge in [0.15, 0.2) is 0 Å². The fourth-order valence-corrected chi connectivity index (χ4v) is 2.07. The first-order valence-corrected chi connectivity index (χ1v) is 6.66. The van der Waals surface area contributed by atoms with E-state index in [1.54, 1.807) is 11.9 Å². The van der Waals surface area contributed by atoms with Gasteiger partial charge in [-0.3, -0.25) is 9.59 Å². The van der Waals surface area contributed by atoms with E-state index < -0.39 is 11.9 Å². The third-order valence-corrected chi connectivity index (χ3v) is 3.52. The number of carbonyl (C=O) groups excluding carboxylic acids is 1. The van der Waals surface area contributed by atoms with E-state index in [-0.39, 0.29) is 11.8 Å². The summed E-state index contributed by atoms with van der Waals surface area (Å²) in [7, 11) is 1.68. The second kappa shape index (κ2) is 5.94. The number of ether oxygens (including phenoxy) is 1. The van der Waals surface area contributed by atoms with Gasteiger partial charge in [0.2, 0.25) is 5.91 Å². The predicted octanol–water partition coefficient (Wildman–Crippen LogP) is 1.55. The highest BCUT2D eigenvalue weighted by atomic mass is 16.5. The smallest absolute Gasteiger partial charge is 0.307 e. The minimum absolute atomic E-state index is 0.107. The summed E-state index contributed by atoms with van der Waals surface area (Å²) in [6.07, 6.45) is 0.456. The predicted molar refractivity (Wildman–Crippen MR) is 73.5 cm³/mol. The van der Waals surface area contributed by atoms with Crippen molar-refractivity contribution in [2.24, 2.45) is 11.8 Å². The van der Waals surface area contributed by atoms with Gasteiger partial charge < -0.3 is 14.7 Å². The normalized spacial score (nSPS) is 20.3. The van der Waals surface area contributed by atoms with Crippen molar-refractivity contribution in [2.75, 3.05) is 20.2 Å². The van der Waals surface area contributed by atoms with Gasteiger partial charge in [-0.15, -0.1) is 0 Å². The lowest BCUT2D eigenvalue weighted by molar-refractivity contribution is -0.141. The number of carboxylic acids is 1. The van der Waals surface area contributed by atoms with E-state index in [4.69, 9.17) is 9.84 Å². The summed E-state index contributed by atoms with van der Waals surface area (Å²) in [6, 6.07) is 7.70. The quantitative estimate of drug-likeness (QED) is 0.856. The molecule has 108 valence electrons. The number of carbonyl (C=O) groups is 2. The average Bonchev–Trinajstić information content (AvgIpc) is 3.20. The summed E-state index contributed by atoms with van der Waals surface area (Å²) in [5.41, 5.74) is 1.16. The lowest BCUT2D eigenvalue weighted by Gasteiger charge is -2.17. The topological polar surface area (TPSA) is 66.8 Å². The fraction of sp³-hybridized carbons (Fsp3) is 0.467. The van der Waals surface area contributed by atoms with Crippen LogP contribution in [0.25, 0.3) is 0 Å². The number of hydrogen-bond acceptors (Lipinski definition) is 3. The first kappa shape index (κ1) is 14.4. The molecule has 5 heteroatoms. The molecule has 1 aliphatic carbocycles. The molecule has 1 N–H and O–H groups in total. The van der Waals surface area contributed by atoms with Gasteiger partial charge in [-0.25, -0.2) is 0 Å².